The van der Waals surface area contributed by atoms with Gasteiger partial charge in [0.05, 0.1) is 12.5 Å². The van der Waals surface area contributed by atoms with E-state index in [9.17, 15) is 9.59 Å². The van der Waals surface area contributed by atoms with Gasteiger partial charge in [0.1, 0.15) is 0 Å². The normalized spacial score (nSPS) is 21.3. The molecule has 0 bridgehead atoms. The lowest BCUT2D eigenvalue weighted by Crippen LogP contribution is -2.37. The third kappa shape index (κ3) is 2.75. The number of carbonyl (C=O) groups excluding carboxylic acids is 2. The van der Waals surface area contributed by atoms with Gasteiger partial charge in [0, 0.05) is 23.1 Å². The Kier molecular flexibility index (Phi) is 3.85. The summed E-state index contributed by atoms with van der Waals surface area (Å²) in [5.74, 6) is -0.400. The molecular weight excluding hydrogens is 332 g/mol. The van der Waals surface area contributed by atoms with Gasteiger partial charge >= 0.3 is 0 Å². The van der Waals surface area contributed by atoms with E-state index >= 15 is 0 Å². The van der Waals surface area contributed by atoms with Crippen molar-refractivity contribution in [2.45, 2.75) is 25.7 Å². The van der Waals surface area contributed by atoms with Crippen LogP contribution in [0.3, 0.4) is 0 Å². The SMILES string of the molecule is CC1=C(Br)CN(C(=O)CC2C(=O)Nc3ccccc32)CC1. The summed E-state index contributed by atoms with van der Waals surface area (Å²) >= 11 is 3.52. The molecule has 2 heterocycles. The maximum atomic E-state index is 12.5. The average molecular weight is 349 g/mol. The maximum absolute atomic E-state index is 12.5. The van der Waals surface area contributed by atoms with Gasteiger partial charge in [-0.3, -0.25) is 9.59 Å². The van der Waals surface area contributed by atoms with Crippen molar-refractivity contribution in [3.05, 3.63) is 39.9 Å². The minimum absolute atomic E-state index is 0.0382. The number of halogens is 1. The van der Waals surface area contributed by atoms with Crippen LogP contribution in [0.15, 0.2) is 34.3 Å². The van der Waals surface area contributed by atoms with Crippen LogP contribution < -0.4 is 5.32 Å². The van der Waals surface area contributed by atoms with E-state index in [1.165, 1.54) is 5.57 Å². The van der Waals surface area contributed by atoms with Gasteiger partial charge in [-0.05, 0) is 25.0 Å². The summed E-state index contributed by atoms with van der Waals surface area (Å²) in [6, 6.07) is 7.58. The van der Waals surface area contributed by atoms with Crippen LogP contribution in [-0.2, 0) is 9.59 Å². The van der Waals surface area contributed by atoms with Crippen LogP contribution in [0.5, 0.6) is 0 Å². The number of nitrogens with zero attached hydrogens (tertiary/aromatic N) is 1. The first-order valence-electron chi connectivity index (χ1n) is 7.08. The number of hydrogen-bond donors (Lipinski definition) is 1. The van der Waals surface area contributed by atoms with Crippen LogP contribution in [0.1, 0.15) is 31.2 Å². The summed E-state index contributed by atoms with van der Waals surface area (Å²) in [5, 5.41) is 2.84. The zero-order chi connectivity index (χ0) is 15.0. The van der Waals surface area contributed by atoms with Crippen LogP contribution >= 0.6 is 15.9 Å². The highest BCUT2D eigenvalue weighted by molar-refractivity contribution is 9.11. The predicted molar refractivity (Wildman–Crippen MR) is 85.3 cm³/mol. The highest BCUT2D eigenvalue weighted by atomic mass is 79.9. The van der Waals surface area contributed by atoms with Gasteiger partial charge in [-0.1, -0.05) is 39.7 Å². The Morgan fingerprint density at radius 1 is 1.43 bits per heavy atom. The van der Waals surface area contributed by atoms with E-state index in [2.05, 4.69) is 28.2 Å². The van der Waals surface area contributed by atoms with Crippen molar-refractivity contribution in [2.75, 3.05) is 18.4 Å². The Morgan fingerprint density at radius 2 is 2.19 bits per heavy atom. The molecular formula is C16H17BrN2O2. The Morgan fingerprint density at radius 3 is 2.95 bits per heavy atom. The number of fused-ring (bicyclic) bond motifs is 1. The molecule has 0 aromatic heterocycles. The molecule has 110 valence electrons. The largest absolute Gasteiger partial charge is 0.337 e. The third-order valence-electron chi connectivity index (χ3n) is 4.19. The van der Waals surface area contributed by atoms with Crippen molar-refractivity contribution in [1.29, 1.82) is 0 Å². The summed E-state index contributed by atoms with van der Waals surface area (Å²) in [4.78, 5) is 26.4. The minimum Gasteiger partial charge on any atom is -0.337 e. The molecule has 2 aliphatic rings. The van der Waals surface area contributed by atoms with E-state index in [1.54, 1.807) is 0 Å². The van der Waals surface area contributed by atoms with Gasteiger partial charge in [-0.15, -0.1) is 0 Å². The van der Waals surface area contributed by atoms with E-state index in [-0.39, 0.29) is 24.2 Å². The zero-order valence-corrected chi connectivity index (χ0v) is 13.4. The van der Waals surface area contributed by atoms with Crippen molar-refractivity contribution < 1.29 is 9.59 Å². The van der Waals surface area contributed by atoms with E-state index < -0.39 is 0 Å². The molecule has 0 saturated carbocycles. The fourth-order valence-electron chi connectivity index (χ4n) is 2.81. The second-order valence-electron chi connectivity index (χ2n) is 5.58. The van der Waals surface area contributed by atoms with E-state index in [1.807, 2.05) is 29.2 Å². The van der Waals surface area contributed by atoms with Gasteiger partial charge < -0.3 is 10.2 Å². The Hall–Kier alpha value is -1.62. The van der Waals surface area contributed by atoms with Gasteiger partial charge in [0.25, 0.3) is 0 Å². The van der Waals surface area contributed by atoms with Crippen molar-refractivity contribution in [2.24, 2.45) is 0 Å². The lowest BCUT2D eigenvalue weighted by Gasteiger charge is -2.28. The zero-order valence-electron chi connectivity index (χ0n) is 11.9. The topological polar surface area (TPSA) is 49.4 Å². The monoisotopic (exact) mass is 348 g/mol. The van der Waals surface area contributed by atoms with Gasteiger partial charge in [-0.25, -0.2) is 0 Å². The number of hydrogen-bond acceptors (Lipinski definition) is 2. The van der Waals surface area contributed by atoms with Crippen LogP contribution in [0, 0.1) is 0 Å². The molecule has 2 amide bonds. The standard InChI is InChI=1S/C16H17BrN2O2/c1-10-6-7-19(9-13(10)17)15(20)8-12-11-4-2-3-5-14(11)18-16(12)21/h2-5,12H,6-9H2,1H3,(H,18,21). The number of benzene rings is 1. The van der Waals surface area contributed by atoms with Crippen molar-refractivity contribution in [3.63, 3.8) is 0 Å². The van der Waals surface area contributed by atoms with Crippen molar-refractivity contribution >= 4 is 33.4 Å². The lowest BCUT2D eigenvalue weighted by atomic mass is 9.96. The highest BCUT2D eigenvalue weighted by Crippen LogP contribution is 2.35. The van der Waals surface area contributed by atoms with Crippen LogP contribution in [0.2, 0.25) is 0 Å². The predicted octanol–water partition coefficient (Wildman–Crippen LogP) is 3.01. The summed E-state index contributed by atoms with van der Waals surface area (Å²) in [7, 11) is 0. The molecule has 21 heavy (non-hydrogen) atoms. The first-order chi connectivity index (χ1) is 10.1. The number of amides is 2. The molecule has 1 unspecified atom stereocenters. The molecule has 4 nitrogen and oxygen atoms in total. The first-order valence-corrected chi connectivity index (χ1v) is 7.87. The Bertz CT molecular complexity index is 639. The quantitative estimate of drug-likeness (QED) is 0.892. The van der Waals surface area contributed by atoms with Crippen LogP contribution in [0.4, 0.5) is 5.69 Å². The summed E-state index contributed by atoms with van der Waals surface area (Å²) in [6.45, 7) is 3.42. The number of anilines is 1. The molecule has 0 aliphatic carbocycles. The van der Waals surface area contributed by atoms with Gasteiger partial charge in [0.15, 0.2) is 0 Å². The average Bonchev–Trinajstić information content (AvgIpc) is 2.78. The fourth-order valence-corrected chi connectivity index (χ4v) is 3.32. The number of rotatable bonds is 2. The second-order valence-corrected chi connectivity index (χ2v) is 6.54. The van der Waals surface area contributed by atoms with Crippen molar-refractivity contribution in [1.82, 2.24) is 4.90 Å². The van der Waals surface area contributed by atoms with E-state index in [0.717, 1.165) is 28.7 Å². The van der Waals surface area contributed by atoms with Crippen LogP contribution in [-0.4, -0.2) is 29.8 Å². The highest BCUT2D eigenvalue weighted by Gasteiger charge is 2.33. The van der Waals surface area contributed by atoms with Crippen molar-refractivity contribution in [3.8, 4) is 0 Å². The molecule has 1 aromatic rings. The first kappa shape index (κ1) is 14.3. The summed E-state index contributed by atoms with van der Waals surface area (Å²) in [5.41, 5.74) is 3.05. The van der Waals surface area contributed by atoms with E-state index in [4.69, 9.17) is 0 Å². The lowest BCUT2D eigenvalue weighted by molar-refractivity contribution is -0.133. The van der Waals surface area contributed by atoms with Crippen LogP contribution in [0.25, 0.3) is 0 Å². The minimum atomic E-state index is -0.362. The molecule has 0 spiro atoms. The number of carbonyl (C=O) groups is 2. The smallest absolute Gasteiger partial charge is 0.232 e. The fraction of sp³-hybridized carbons (Fsp3) is 0.375. The molecule has 5 heteroatoms. The summed E-state index contributed by atoms with van der Waals surface area (Å²) < 4.78 is 1.08. The second kappa shape index (κ2) is 5.64. The van der Waals surface area contributed by atoms with Gasteiger partial charge in [-0.2, -0.15) is 0 Å². The molecule has 1 N–H and O–H groups in total. The molecule has 0 fully saturated rings. The maximum Gasteiger partial charge on any atom is 0.232 e. The number of para-hydroxylation sites is 1. The van der Waals surface area contributed by atoms with E-state index in [0.29, 0.717) is 6.54 Å². The Labute approximate surface area is 132 Å². The summed E-state index contributed by atoms with van der Waals surface area (Å²) in [6.07, 6.45) is 1.13. The molecule has 0 radical (unpaired) electrons. The molecule has 1 atom stereocenters. The third-order valence-corrected chi connectivity index (χ3v) is 5.12. The molecule has 3 rings (SSSR count). The molecule has 1 aromatic carbocycles. The Balaban J connectivity index is 1.73. The molecule has 2 aliphatic heterocycles. The number of nitrogens with one attached hydrogen (secondary N) is 1. The molecule has 0 saturated heterocycles. The van der Waals surface area contributed by atoms with Gasteiger partial charge in [0.2, 0.25) is 11.8 Å².